The highest BCUT2D eigenvalue weighted by Crippen LogP contribution is 2.22. The number of carbonyl (C=O) groups excluding carboxylic acids is 1. The highest BCUT2D eigenvalue weighted by Gasteiger charge is 2.33. The lowest BCUT2D eigenvalue weighted by Gasteiger charge is -2.44. The van der Waals surface area contributed by atoms with E-state index in [0.29, 0.717) is 24.5 Å². The van der Waals surface area contributed by atoms with E-state index in [1.165, 1.54) is 6.08 Å². The number of carbonyl (C=O) groups is 1. The third kappa shape index (κ3) is 2.85. The van der Waals surface area contributed by atoms with Gasteiger partial charge < -0.3 is 14.8 Å². The number of hydrogen-bond acceptors (Lipinski definition) is 5. The Labute approximate surface area is 133 Å². The fraction of sp³-hybridized carbons (Fsp3) is 0.250. The average molecular weight is 311 g/mol. The molecule has 0 aliphatic carbocycles. The highest BCUT2D eigenvalue weighted by atomic mass is 16.2. The minimum absolute atomic E-state index is 0.0862. The number of H-pyrrole nitrogens is 1. The smallest absolute Gasteiger partial charge is 0.271 e. The van der Waals surface area contributed by atoms with Crippen LogP contribution in [-0.2, 0) is 4.79 Å². The summed E-state index contributed by atoms with van der Waals surface area (Å²) in [5, 5.41) is 0. The minimum Gasteiger partial charge on any atom is -0.364 e. The Balaban J connectivity index is 1.81. The molecule has 7 nitrogen and oxygen atoms in total. The Morgan fingerprint density at radius 1 is 1.48 bits per heavy atom. The molecule has 1 N–H and O–H groups in total. The van der Waals surface area contributed by atoms with Gasteiger partial charge in [0.1, 0.15) is 5.69 Å². The standard InChI is InChI=1S/C16H17N5O2/c1-3-15(22)21-9-12(10-21)20(2)14-6-11(7-19-16(14)23)13-8-17-4-5-18-13/h3-8,12H,1,9-10H2,2H3,(H,19,23). The predicted molar refractivity (Wildman–Crippen MR) is 87.1 cm³/mol. The molecule has 118 valence electrons. The van der Waals surface area contributed by atoms with E-state index in [4.69, 9.17) is 0 Å². The zero-order valence-electron chi connectivity index (χ0n) is 12.8. The van der Waals surface area contributed by atoms with Crippen molar-refractivity contribution in [3.8, 4) is 11.3 Å². The zero-order valence-corrected chi connectivity index (χ0v) is 12.8. The Bertz CT molecular complexity index is 781. The first kappa shape index (κ1) is 15.0. The van der Waals surface area contributed by atoms with Gasteiger partial charge in [-0.2, -0.15) is 0 Å². The van der Waals surface area contributed by atoms with Gasteiger partial charge in [0.2, 0.25) is 5.91 Å². The van der Waals surface area contributed by atoms with Crippen molar-refractivity contribution < 1.29 is 4.79 Å². The molecular weight excluding hydrogens is 294 g/mol. The van der Waals surface area contributed by atoms with E-state index in [2.05, 4.69) is 21.5 Å². The zero-order chi connectivity index (χ0) is 16.4. The highest BCUT2D eigenvalue weighted by molar-refractivity contribution is 5.87. The summed E-state index contributed by atoms with van der Waals surface area (Å²) in [6.45, 7) is 4.64. The molecule has 0 unspecified atom stereocenters. The lowest BCUT2D eigenvalue weighted by molar-refractivity contribution is -0.130. The third-order valence-electron chi connectivity index (χ3n) is 4.02. The van der Waals surface area contributed by atoms with Crippen LogP contribution in [0.4, 0.5) is 5.69 Å². The summed E-state index contributed by atoms with van der Waals surface area (Å²) in [4.78, 5) is 38.2. The average Bonchev–Trinajstić information content (AvgIpc) is 2.54. The molecule has 0 saturated carbocycles. The molecule has 1 aliphatic rings. The quantitative estimate of drug-likeness (QED) is 0.839. The van der Waals surface area contributed by atoms with Crippen molar-refractivity contribution in [2.24, 2.45) is 0 Å². The molecule has 0 radical (unpaired) electrons. The monoisotopic (exact) mass is 311 g/mol. The topological polar surface area (TPSA) is 82.2 Å². The number of amides is 1. The van der Waals surface area contributed by atoms with Gasteiger partial charge in [-0.1, -0.05) is 6.58 Å². The summed E-state index contributed by atoms with van der Waals surface area (Å²) < 4.78 is 0. The van der Waals surface area contributed by atoms with Crippen molar-refractivity contribution in [3.63, 3.8) is 0 Å². The van der Waals surface area contributed by atoms with E-state index >= 15 is 0 Å². The molecule has 1 amide bonds. The van der Waals surface area contributed by atoms with Crippen molar-refractivity contribution in [1.29, 1.82) is 0 Å². The second kappa shape index (κ2) is 6.04. The molecule has 0 bridgehead atoms. The van der Waals surface area contributed by atoms with Crippen molar-refractivity contribution in [3.05, 3.63) is 53.9 Å². The van der Waals surface area contributed by atoms with E-state index in [1.807, 2.05) is 11.9 Å². The lowest BCUT2D eigenvalue weighted by Crippen LogP contribution is -2.60. The van der Waals surface area contributed by atoms with Crippen LogP contribution in [0.15, 0.2) is 48.3 Å². The second-order valence-corrected chi connectivity index (χ2v) is 5.41. The SMILES string of the molecule is C=CC(=O)N1CC(N(C)c2cc(-c3cnccn3)c[nH]c2=O)C1. The van der Waals surface area contributed by atoms with Crippen LogP contribution in [0.1, 0.15) is 0 Å². The maximum absolute atomic E-state index is 12.1. The van der Waals surface area contributed by atoms with Gasteiger partial charge in [-0.3, -0.25) is 19.6 Å². The van der Waals surface area contributed by atoms with Gasteiger partial charge in [0.15, 0.2) is 0 Å². The normalized spacial score (nSPS) is 14.2. The first-order valence-corrected chi connectivity index (χ1v) is 7.23. The number of anilines is 1. The number of pyridine rings is 1. The maximum Gasteiger partial charge on any atom is 0.271 e. The summed E-state index contributed by atoms with van der Waals surface area (Å²) in [7, 11) is 1.85. The summed E-state index contributed by atoms with van der Waals surface area (Å²) >= 11 is 0. The summed E-state index contributed by atoms with van der Waals surface area (Å²) in [6, 6.07) is 1.90. The first-order valence-electron chi connectivity index (χ1n) is 7.23. The largest absolute Gasteiger partial charge is 0.364 e. The molecular formula is C16H17N5O2. The predicted octanol–water partition coefficient (Wildman–Crippen LogP) is 0.665. The van der Waals surface area contributed by atoms with Gasteiger partial charge in [0.05, 0.1) is 17.9 Å². The number of likely N-dealkylation sites (N-methyl/N-ethyl adjacent to an activating group) is 1. The first-order chi connectivity index (χ1) is 11.1. The molecule has 3 rings (SSSR count). The minimum atomic E-state index is -0.173. The van der Waals surface area contributed by atoms with Crippen molar-refractivity contribution in [1.82, 2.24) is 19.9 Å². The number of likely N-dealkylation sites (tertiary alicyclic amines) is 1. The van der Waals surface area contributed by atoms with E-state index < -0.39 is 0 Å². The molecule has 0 atom stereocenters. The third-order valence-corrected chi connectivity index (χ3v) is 4.02. The van der Waals surface area contributed by atoms with Gasteiger partial charge in [0.25, 0.3) is 5.56 Å². The molecule has 2 aromatic heterocycles. The Morgan fingerprint density at radius 3 is 2.91 bits per heavy atom. The summed E-state index contributed by atoms with van der Waals surface area (Å²) in [5.74, 6) is -0.0862. The Kier molecular flexibility index (Phi) is 3.92. The number of aromatic nitrogens is 3. The van der Waals surface area contributed by atoms with Crippen LogP contribution >= 0.6 is 0 Å². The molecule has 0 aromatic carbocycles. The van der Waals surface area contributed by atoms with Gasteiger partial charge in [-0.25, -0.2) is 0 Å². The number of nitrogens with one attached hydrogen (secondary N) is 1. The summed E-state index contributed by atoms with van der Waals surface area (Å²) in [5.41, 5.74) is 1.85. The molecule has 1 fully saturated rings. The van der Waals surface area contributed by atoms with Crippen LogP contribution in [0, 0.1) is 0 Å². The number of aromatic amines is 1. The molecule has 7 heteroatoms. The fourth-order valence-electron chi connectivity index (χ4n) is 2.54. The maximum atomic E-state index is 12.1. The van der Waals surface area contributed by atoms with Crippen LogP contribution in [-0.4, -0.2) is 51.9 Å². The van der Waals surface area contributed by atoms with Gasteiger partial charge in [-0.05, 0) is 12.1 Å². The van der Waals surface area contributed by atoms with Crippen LogP contribution in [0.3, 0.4) is 0 Å². The molecule has 1 aliphatic heterocycles. The number of nitrogens with zero attached hydrogens (tertiary/aromatic N) is 4. The van der Waals surface area contributed by atoms with E-state index in [0.717, 1.165) is 5.56 Å². The van der Waals surface area contributed by atoms with E-state index in [1.54, 1.807) is 35.8 Å². The number of hydrogen-bond donors (Lipinski definition) is 1. The lowest BCUT2D eigenvalue weighted by atomic mass is 10.1. The van der Waals surface area contributed by atoms with Gasteiger partial charge in [0, 0.05) is 44.3 Å². The van der Waals surface area contributed by atoms with Crippen LogP contribution < -0.4 is 10.5 Å². The molecule has 2 aromatic rings. The van der Waals surface area contributed by atoms with Crippen LogP contribution in [0.5, 0.6) is 0 Å². The molecule has 1 saturated heterocycles. The van der Waals surface area contributed by atoms with Crippen LogP contribution in [0.2, 0.25) is 0 Å². The summed E-state index contributed by atoms with van der Waals surface area (Å²) in [6.07, 6.45) is 7.78. The Hall–Kier alpha value is -2.96. The van der Waals surface area contributed by atoms with Crippen molar-refractivity contribution >= 4 is 11.6 Å². The van der Waals surface area contributed by atoms with Gasteiger partial charge in [-0.15, -0.1) is 0 Å². The van der Waals surface area contributed by atoms with Crippen LogP contribution in [0.25, 0.3) is 11.3 Å². The molecule has 0 spiro atoms. The molecule has 3 heterocycles. The number of rotatable bonds is 4. The second-order valence-electron chi connectivity index (χ2n) is 5.41. The van der Waals surface area contributed by atoms with E-state index in [9.17, 15) is 9.59 Å². The van der Waals surface area contributed by atoms with Crippen molar-refractivity contribution in [2.45, 2.75) is 6.04 Å². The Morgan fingerprint density at radius 2 is 2.26 bits per heavy atom. The fourth-order valence-corrected chi connectivity index (χ4v) is 2.54. The van der Waals surface area contributed by atoms with Gasteiger partial charge >= 0.3 is 0 Å². The van der Waals surface area contributed by atoms with Crippen molar-refractivity contribution in [2.75, 3.05) is 25.0 Å². The van der Waals surface area contributed by atoms with E-state index in [-0.39, 0.29) is 17.5 Å². The molecule has 23 heavy (non-hydrogen) atoms.